The third-order valence-corrected chi connectivity index (χ3v) is 9.79. The first-order chi connectivity index (χ1) is 9.15. The minimum absolute atomic E-state index is 0.130. The zero-order valence-electron chi connectivity index (χ0n) is 14.9. The molecule has 3 nitrogen and oxygen atoms in total. The number of nitro benzene ring substituents is 1. The van der Waals surface area contributed by atoms with Crippen LogP contribution in [0.1, 0.15) is 0 Å². The maximum absolute atomic E-state index is 11.8. The third-order valence-electron chi connectivity index (χ3n) is 3.77. The van der Waals surface area contributed by atoms with E-state index in [1.807, 2.05) is 0 Å². The molecule has 21 heavy (non-hydrogen) atoms. The molecule has 6 heteroatoms. The highest BCUT2D eigenvalue weighted by Crippen LogP contribution is 2.18. The molecule has 0 amide bonds. The van der Waals surface area contributed by atoms with Gasteiger partial charge in [-0.25, -0.2) is 0 Å². The van der Waals surface area contributed by atoms with E-state index in [-0.39, 0.29) is 4.92 Å². The van der Waals surface area contributed by atoms with Crippen LogP contribution in [0.5, 0.6) is 0 Å². The smallest absolute Gasteiger partial charge is 0.258 e. The Labute approximate surface area is 132 Å². The van der Waals surface area contributed by atoms with Crippen molar-refractivity contribution in [3.05, 3.63) is 22.2 Å². The van der Waals surface area contributed by atoms with Gasteiger partial charge < -0.3 is 0 Å². The van der Waals surface area contributed by atoms with Crippen LogP contribution in [-0.4, -0.2) is 29.1 Å². The fraction of sp³-hybridized carbons (Fsp3) is 0.600. The Hall–Kier alpha value is -0.729. The predicted molar refractivity (Wildman–Crippen MR) is 102 cm³/mol. The average molecular weight is 340 g/mol. The van der Waals surface area contributed by atoms with Gasteiger partial charge in [0.25, 0.3) is 5.69 Å². The Morgan fingerprint density at radius 1 is 0.762 bits per heavy atom. The van der Waals surface area contributed by atoms with E-state index in [2.05, 4.69) is 71.1 Å². The van der Waals surface area contributed by atoms with E-state index in [0.717, 1.165) is 10.4 Å². The van der Waals surface area contributed by atoms with Gasteiger partial charge in [0, 0.05) is 10.4 Å². The van der Waals surface area contributed by atoms with Crippen LogP contribution in [0.3, 0.4) is 0 Å². The average Bonchev–Trinajstić information content (AvgIpc) is 2.23. The Balaban J connectivity index is 3.89. The molecule has 1 rings (SSSR count). The lowest BCUT2D eigenvalue weighted by molar-refractivity contribution is -0.382. The molecular weight excluding hydrogens is 310 g/mol. The van der Waals surface area contributed by atoms with Gasteiger partial charge in [-0.1, -0.05) is 76.2 Å². The second-order valence-electron chi connectivity index (χ2n) is 8.93. The Morgan fingerprint density at radius 2 is 1.10 bits per heavy atom. The predicted octanol–water partition coefficient (Wildman–Crippen LogP) is 3.23. The maximum atomic E-state index is 11.8. The highest BCUT2D eigenvalue weighted by atomic mass is 28.3. The second kappa shape index (κ2) is 5.48. The fourth-order valence-corrected chi connectivity index (χ4v) is 7.03. The van der Waals surface area contributed by atoms with Crippen molar-refractivity contribution in [3.63, 3.8) is 0 Å². The molecule has 0 aliphatic heterocycles. The van der Waals surface area contributed by atoms with Crippen molar-refractivity contribution >= 4 is 45.5 Å². The van der Waals surface area contributed by atoms with Crippen molar-refractivity contribution in [3.8, 4) is 0 Å². The van der Waals surface area contributed by atoms with E-state index in [4.69, 9.17) is 0 Å². The first-order valence-electron chi connectivity index (χ1n) is 7.49. The number of hydrogen-bond donors (Lipinski definition) is 0. The summed E-state index contributed by atoms with van der Waals surface area (Å²) in [4.78, 5) is 11.6. The summed E-state index contributed by atoms with van der Waals surface area (Å²) in [5.74, 6) is 0. The summed E-state index contributed by atoms with van der Waals surface area (Å²) >= 11 is 0. The highest BCUT2D eigenvalue weighted by Gasteiger charge is 2.36. The molecule has 118 valence electrons. The first kappa shape index (κ1) is 18.3. The van der Waals surface area contributed by atoms with Crippen LogP contribution < -0.4 is 15.6 Å². The molecule has 0 heterocycles. The SMILES string of the molecule is C[Si](C)(C)c1cc([Si](C)(C)C)c([N+](=O)[O-])c([Si](C)(C)C)c1. The molecule has 1 aromatic carbocycles. The molecule has 0 N–H and O–H groups in total. The van der Waals surface area contributed by atoms with Gasteiger partial charge in [0.05, 0.1) is 29.1 Å². The summed E-state index contributed by atoms with van der Waals surface area (Å²) in [6.45, 7) is 20.2. The van der Waals surface area contributed by atoms with Crippen molar-refractivity contribution in [2.75, 3.05) is 0 Å². The molecule has 1 aromatic rings. The lowest BCUT2D eigenvalue weighted by Crippen LogP contribution is -2.53. The lowest BCUT2D eigenvalue weighted by Gasteiger charge is -2.27. The molecule has 0 saturated carbocycles. The van der Waals surface area contributed by atoms with Crippen LogP contribution in [0.4, 0.5) is 5.69 Å². The van der Waals surface area contributed by atoms with E-state index in [9.17, 15) is 10.1 Å². The number of benzene rings is 1. The number of rotatable bonds is 4. The summed E-state index contributed by atoms with van der Waals surface area (Å²) in [7, 11) is -5.01. The van der Waals surface area contributed by atoms with Crippen LogP contribution in [0.15, 0.2) is 12.1 Å². The third kappa shape index (κ3) is 4.14. The van der Waals surface area contributed by atoms with Gasteiger partial charge in [-0.3, -0.25) is 10.1 Å². The minimum Gasteiger partial charge on any atom is -0.258 e. The summed E-state index contributed by atoms with van der Waals surface area (Å²) in [5, 5.41) is 15.2. The number of nitrogens with zero attached hydrogens (tertiary/aromatic N) is 1. The van der Waals surface area contributed by atoms with E-state index in [1.54, 1.807) is 0 Å². The van der Waals surface area contributed by atoms with Gasteiger partial charge in [0.1, 0.15) is 0 Å². The molecule has 0 aromatic heterocycles. The molecular formula is C15H29NO2Si3. The van der Waals surface area contributed by atoms with Gasteiger partial charge in [0.15, 0.2) is 0 Å². The number of hydrogen-bond acceptors (Lipinski definition) is 2. The molecule has 0 fully saturated rings. The number of nitro groups is 1. The summed E-state index contributed by atoms with van der Waals surface area (Å²) < 4.78 is 0. The van der Waals surface area contributed by atoms with Crippen LogP contribution in [0.25, 0.3) is 0 Å². The molecule has 0 bridgehead atoms. The molecule has 0 spiro atoms. The Kier molecular flexibility index (Phi) is 4.78. The minimum atomic E-state index is -1.76. The highest BCUT2D eigenvalue weighted by molar-refractivity contribution is 6.95. The van der Waals surface area contributed by atoms with Crippen molar-refractivity contribution < 1.29 is 4.92 Å². The molecule has 0 saturated heterocycles. The Morgan fingerprint density at radius 3 is 1.29 bits per heavy atom. The normalized spacial score (nSPS) is 13.4. The lowest BCUT2D eigenvalue weighted by atomic mass is 10.3. The molecule has 0 unspecified atom stereocenters. The molecule has 0 aliphatic carbocycles. The van der Waals surface area contributed by atoms with E-state index >= 15 is 0 Å². The zero-order chi connectivity index (χ0) is 16.8. The van der Waals surface area contributed by atoms with Crippen molar-refractivity contribution in [2.24, 2.45) is 0 Å². The monoisotopic (exact) mass is 339 g/mol. The first-order valence-corrected chi connectivity index (χ1v) is 18.0. The standard InChI is InChI=1S/C15H29NO2Si3/c1-19(2,3)12-10-13(20(4,5)6)15(16(17)18)14(11-12)21(7,8)9/h10-11H,1-9H3. The van der Waals surface area contributed by atoms with Crippen LogP contribution in [0, 0.1) is 10.1 Å². The van der Waals surface area contributed by atoms with E-state index in [0.29, 0.717) is 5.69 Å². The quantitative estimate of drug-likeness (QED) is 0.480. The van der Waals surface area contributed by atoms with Gasteiger partial charge in [-0.2, -0.15) is 0 Å². The van der Waals surface area contributed by atoms with E-state index in [1.165, 1.54) is 5.19 Å². The summed E-state index contributed by atoms with van der Waals surface area (Å²) in [5.41, 5.74) is 0.426. The fourth-order valence-electron chi connectivity index (χ4n) is 2.41. The van der Waals surface area contributed by atoms with Crippen molar-refractivity contribution in [1.29, 1.82) is 0 Å². The molecule has 0 aliphatic rings. The van der Waals surface area contributed by atoms with Crippen molar-refractivity contribution in [2.45, 2.75) is 58.9 Å². The van der Waals surface area contributed by atoms with Gasteiger partial charge in [-0.05, 0) is 0 Å². The molecule has 0 atom stereocenters. The van der Waals surface area contributed by atoms with Gasteiger partial charge >= 0.3 is 0 Å². The van der Waals surface area contributed by atoms with E-state index < -0.39 is 24.2 Å². The zero-order valence-corrected chi connectivity index (χ0v) is 17.9. The van der Waals surface area contributed by atoms with Crippen LogP contribution in [0.2, 0.25) is 58.9 Å². The van der Waals surface area contributed by atoms with Crippen LogP contribution >= 0.6 is 0 Å². The maximum Gasteiger partial charge on any atom is 0.267 e. The van der Waals surface area contributed by atoms with Gasteiger partial charge in [0.2, 0.25) is 0 Å². The van der Waals surface area contributed by atoms with Crippen LogP contribution in [-0.2, 0) is 0 Å². The topological polar surface area (TPSA) is 43.1 Å². The molecule has 0 radical (unpaired) electrons. The van der Waals surface area contributed by atoms with Gasteiger partial charge in [-0.15, -0.1) is 0 Å². The summed E-state index contributed by atoms with van der Waals surface area (Å²) in [6, 6.07) is 4.33. The summed E-state index contributed by atoms with van der Waals surface area (Å²) in [6.07, 6.45) is 0. The Bertz CT molecular complexity index is 529. The largest absolute Gasteiger partial charge is 0.267 e. The van der Waals surface area contributed by atoms with Crippen molar-refractivity contribution in [1.82, 2.24) is 0 Å². The second-order valence-corrected chi connectivity index (χ2v) is 24.1.